The second-order valence-electron chi connectivity index (χ2n) is 4.14. The fourth-order valence-electron chi connectivity index (χ4n) is 1.79. The number of carbonyl (C=O) groups excluding carboxylic acids is 1. The number of hydrogen-bond acceptors (Lipinski definition) is 6. The molecule has 1 N–H and O–H groups in total. The SMILES string of the molecule is COC(=O)C(C)n1c(SCC(=O)O)nc2cc(Br)cnc21. The number of rotatable bonds is 5. The van der Waals surface area contributed by atoms with Gasteiger partial charge in [0, 0.05) is 10.7 Å². The summed E-state index contributed by atoms with van der Waals surface area (Å²) in [6, 6.07) is 1.11. The highest BCUT2D eigenvalue weighted by Gasteiger charge is 2.23. The minimum absolute atomic E-state index is 0.154. The molecule has 0 saturated carbocycles. The molecule has 0 aromatic carbocycles. The van der Waals surface area contributed by atoms with Gasteiger partial charge in [0.2, 0.25) is 0 Å². The standard InChI is InChI=1S/C12H12BrN3O4S/c1-6(11(19)20-2)16-10-8(3-7(13)4-14-10)15-12(16)21-5-9(17)18/h3-4,6H,5H2,1-2H3,(H,17,18). The van der Waals surface area contributed by atoms with Crippen LogP contribution in [0.15, 0.2) is 21.9 Å². The maximum absolute atomic E-state index is 11.8. The molecule has 2 rings (SSSR count). The molecule has 0 spiro atoms. The van der Waals surface area contributed by atoms with E-state index in [0.29, 0.717) is 16.3 Å². The quantitative estimate of drug-likeness (QED) is 0.633. The third-order valence-electron chi connectivity index (χ3n) is 2.72. The summed E-state index contributed by atoms with van der Waals surface area (Å²) in [5, 5.41) is 9.22. The lowest BCUT2D eigenvalue weighted by Gasteiger charge is -2.14. The summed E-state index contributed by atoms with van der Waals surface area (Å²) in [5.74, 6) is -1.56. The number of fused-ring (bicyclic) bond motifs is 1. The van der Waals surface area contributed by atoms with Crippen molar-refractivity contribution in [2.75, 3.05) is 12.9 Å². The molecule has 0 aliphatic rings. The Kier molecular flexibility index (Phi) is 4.84. The molecule has 0 fully saturated rings. The molecule has 9 heteroatoms. The van der Waals surface area contributed by atoms with Gasteiger partial charge < -0.3 is 9.84 Å². The van der Waals surface area contributed by atoms with Crippen LogP contribution in [0.2, 0.25) is 0 Å². The van der Waals surface area contributed by atoms with Gasteiger partial charge in [-0.15, -0.1) is 0 Å². The first-order chi connectivity index (χ1) is 9.93. The minimum atomic E-state index is -0.960. The summed E-state index contributed by atoms with van der Waals surface area (Å²) < 4.78 is 7.07. The molecule has 0 bridgehead atoms. The summed E-state index contributed by atoms with van der Waals surface area (Å²) in [6.07, 6.45) is 1.59. The highest BCUT2D eigenvalue weighted by molar-refractivity contribution is 9.10. The molecule has 7 nitrogen and oxygen atoms in total. The van der Waals surface area contributed by atoms with Crippen molar-refractivity contribution in [3.8, 4) is 0 Å². The van der Waals surface area contributed by atoms with E-state index in [1.165, 1.54) is 7.11 Å². The van der Waals surface area contributed by atoms with Crippen LogP contribution in [-0.2, 0) is 14.3 Å². The van der Waals surface area contributed by atoms with Crippen molar-refractivity contribution in [1.82, 2.24) is 14.5 Å². The van der Waals surface area contributed by atoms with Crippen molar-refractivity contribution in [1.29, 1.82) is 0 Å². The molecule has 1 unspecified atom stereocenters. The Labute approximate surface area is 132 Å². The average Bonchev–Trinajstić information content (AvgIpc) is 2.80. The smallest absolute Gasteiger partial charge is 0.328 e. The van der Waals surface area contributed by atoms with E-state index >= 15 is 0 Å². The fourth-order valence-corrected chi connectivity index (χ4v) is 2.91. The Morgan fingerprint density at radius 2 is 2.29 bits per heavy atom. The van der Waals surface area contributed by atoms with Gasteiger partial charge in [-0.3, -0.25) is 9.36 Å². The number of aliphatic carboxylic acids is 1. The van der Waals surface area contributed by atoms with Crippen molar-refractivity contribution in [2.24, 2.45) is 0 Å². The van der Waals surface area contributed by atoms with Gasteiger partial charge in [-0.1, -0.05) is 11.8 Å². The molecule has 2 aromatic rings. The molecule has 0 aliphatic carbocycles. The lowest BCUT2D eigenvalue weighted by atomic mass is 10.3. The zero-order chi connectivity index (χ0) is 15.6. The first-order valence-corrected chi connectivity index (χ1v) is 7.67. The number of imidazole rings is 1. The number of halogens is 1. The second-order valence-corrected chi connectivity index (χ2v) is 6.00. The van der Waals surface area contributed by atoms with Crippen LogP contribution in [0, 0.1) is 0 Å². The molecular formula is C12H12BrN3O4S. The summed E-state index contributed by atoms with van der Waals surface area (Å²) >= 11 is 4.34. The van der Waals surface area contributed by atoms with Crippen LogP contribution >= 0.6 is 27.7 Å². The molecule has 1 atom stereocenters. The van der Waals surface area contributed by atoms with Gasteiger partial charge in [0.05, 0.1) is 12.9 Å². The van der Waals surface area contributed by atoms with Crippen LogP contribution in [0.4, 0.5) is 0 Å². The van der Waals surface area contributed by atoms with Crippen LogP contribution in [0.25, 0.3) is 11.2 Å². The predicted octanol–water partition coefficient (Wildman–Crippen LogP) is 2.10. The molecular weight excluding hydrogens is 362 g/mol. The van der Waals surface area contributed by atoms with E-state index in [1.54, 1.807) is 23.8 Å². The zero-order valence-electron chi connectivity index (χ0n) is 11.2. The summed E-state index contributed by atoms with van der Waals surface area (Å²) in [7, 11) is 1.30. The van der Waals surface area contributed by atoms with Gasteiger partial charge in [0.25, 0.3) is 0 Å². The monoisotopic (exact) mass is 373 g/mol. The highest BCUT2D eigenvalue weighted by atomic mass is 79.9. The molecule has 0 saturated heterocycles. The van der Waals surface area contributed by atoms with Crippen LogP contribution in [0.5, 0.6) is 0 Å². The Bertz CT molecular complexity index is 703. The first-order valence-electron chi connectivity index (χ1n) is 5.90. The van der Waals surface area contributed by atoms with Gasteiger partial charge in [-0.05, 0) is 28.9 Å². The number of esters is 1. The first kappa shape index (κ1) is 15.8. The molecule has 2 aromatic heterocycles. The third kappa shape index (κ3) is 3.35. The summed E-state index contributed by atoms with van der Waals surface area (Å²) in [4.78, 5) is 31.1. The van der Waals surface area contributed by atoms with Crippen molar-refractivity contribution in [3.05, 3.63) is 16.7 Å². The van der Waals surface area contributed by atoms with Gasteiger partial charge in [0.1, 0.15) is 11.6 Å². The molecule has 112 valence electrons. The van der Waals surface area contributed by atoms with Gasteiger partial charge in [0.15, 0.2) is 10.8 Å². The van der Waals surface area contributed by atoms with E-state index in [2.05, 4.69) is 25.9 Å². The van der Waals surface area contributed by atoms with E-state index in [4.69, 9.17) is 9.84 Å². The van der Waals surface area contributed by atoms with E-state index in [9.17, 15) is 9.59 Å². The zero-order valence-corrected chi connectivity index (χ0v) is 13.6. The molecule has 21 heavy (non-hydrogen) atoms. The lowest BCUT2D eigenvalue weighted by molar-refractivity contribution is -0.144. The number of methoxy groups -OCH3 is 1. The maximum atomic E-state index is 11.8. The molecule has 2 heterocycles. The third-order valence-corrected chi connectivity index (χ3v) is 4.09. The number of pyridine rings is 1. The Balaban J connectivity index is 2.54. The number of nitrogens with zero attached hydrogens (tertiary/aromatic N) is 3. The Hall–Kier alpha value is -1.61. The lowest BCUT2D eigenvalue weighted by Crippen LogP contribution is -2.19. The van der Waals surface area contributed by atoms with E-state index in [1.807, 2.05) is 0 Å². The largest absolute Gasteiger partial charge is 0.481 e. The van der Waals surface area contributed by atoms with Crippen molar-refractivity contribution >= 4 is 50.8 Å². The Morgan fingerprint density at radius 1 is 1.57 bits per heavy atom. The van der Waals surface area contributed by atoms with Crippen LogP contribution in [0.3, 0.4) is 0 Å². The van der Waals surface area contributed by atoms with E-state index < -0.39 is 18.0 Å². The molecule has 0 radical (unpaired) electrons. The number of carbonyl (C=O) groups is 2. The number of thioether (sulfide) groups is 1. The molecule has 0 aliphatic heterocycles. The topological polar surface area (TPSA) is 94.3 Å². The number of carboxylic acid groups (broad SMARTS) is 1. The number of hydrogen-bond donors (Lipinski definition) is 1. The van der Waals surface area contributed by atoms with E-state index in [0.717, 1.165) is 16.2 Å². The van der Waals surface area contributed by atoms with Crippen LogP contribution in [0.1, 0.15) is 13.0 Å². The van der Waals surface area contributed by atoms with Crippen LogP contribution < -0.4 is 0 Å². The van der Waals surface area contributed by atoms with Gasteiger partial charge >= 0.3 is 11.9 Å². The fraction of sp³-hybridized carbons (Fsp3) is 0.333. The maximum Gasteiger partial charge on any atom is 0.328 e. The number of ether oxygens (including phenoxy) is 1. The van der Waals surface area contributed by atoms with Crippen molar-refractivity contribution < 1.29 is 19.4 Å². The van der Waals surface area contributed by atoms with Crippen molar-refractivity contribution in [3.63, 3.8) is 0 Å². The Morgan fingerprint density at radius 3 is 2.90 bits per heavy atom. The summed E-state index contributed by atoms with van der Waals surface area (Å²) in [5.41, 5.74) is 1.08. The van der Waals surface area contributed by atoms with E-state index in [-0.39, 0.29) is 5.75 Å². The minimum Gasteiger partial charge on any atom is -0.481 e. The highest BCUT2D eigenvalue weighted by Crippen LogP contribution is 2.28. The second kappa shape index (κ2) is 6.44. The summed E-state index contributed by atoms with van der Waals surface area (Å²) in [6.45, 7) is 1.65. The number of aromatic nitrogens is 3. The predicted molar refractivity (Wildman–Crippen MR) is 80.3 cm³/mol. The van der Waals surface area contributed by atoms with Gasteiger partial charge in [-0.25, -0.2) is 14.8 Å². The van der Waals surface area contributed by atoms with Crippen molar-refractivity contribution in [2.45, 2.75) is 18.1 Å². The molecule has 0 amide bonds. The normalized spacial score (nSPS) is 12.3. The number of carboxylic acids is 1. The van der Waals surface area contributed by atoms with Crippen LogP contribution in [-0.4, -0.2) is 44.4 Å². The van der Waals surface area contributed by atoms with Gasteiger partial charge in [-0.2, -0.15) is 0 Å². The average molecular weight is 374 g/mol.